The summed E-state index contributed by atoms with van der Waals surface area (Å²) in [5, 5.41) is 0.597. The van der Waals surface area contributed by atoms with Gasteiger partial charge in [0.15, 0.2) is 5.13 Å². The molecule has 0 atom stereocenters. The number of nitrogen functional groups attached to an aromatic ring is 1. The topological polar surface area (TPSA) is 51.8 Å². The van der Waals surface area contributed by atoms with Crippen LogP contribution in [0.25, 0.3) is 21.6 Å². The Morgan fingerprint density at radius 1 is 0.944 bits per heavy atom. The largest absolute Gasteiger partial charge is 0.375 e. The summed E-state index contributed by atoms with van der Waals surface area (Å²) in [5.41, 5.74) is 9.13. The molecule has 0 radical (unpaired) electrons. The van der Waals surface area contributed by atoms with Crippen LogP contribution in [-0.2, 0) is 0 Å². The van der Waals surface area contributed by atoms with Gasteiger partial charge in [-0.2, -0.15) is 0 Å². The van der Waals surface area contributed by atoms with Crippen LogP contribution in [0.1, 0.15) is 0 Å². The van der Waals surface area contributed by atoms with Crippen molar-refractivity contribution in [3.8, 4) is 21.6 Å². The maximum atomic E-state index is 5.66. The van der Waals surface area contributed by atoms with E-state index in [0.717, 1.165) is 16.0 Å². The summed E-state index contributed by atoms with van der Waals surface area (Å²) in [4.78, 5) is 9.20. The molecule has 2 heterocycles. The number of benzene rings is 1. The monoisotopic (exact) mass is 253 g/mol. The molecule has 0 spiro atoms. The molecule has 0 bridgehead atoms. The predicted octanol–water partition coefficient (Wildman–Crippen LogP) is 3.45. The van der Waals surface area contributed by atoms with Crippen LogP contribution >= 0.6 is 11.3 Å². The lowest BCUT2D eigenvalue weighted by Crippen LogP contribution is -1.79. The molecule has 88 valence electrons. The SMILES string of the molecule is Nc1ncc(-c2cccc(-c3ccncc3)c2)s1. The summed E-state index contributed by atoms with van der Waals surface area (Å²) < 4.78 is 0. The zero-order valence-electron chi connectivity index (χ0n) is 9.58. The first-order valence-electron chi connectivity index (χ1n) is 5.55. The Morgan fingerprint density at radius 3 is 2.44 bits per heavy atom. The normalized spacial score (nSPS) is 10.4. The van der Waals surface area contributed by atoms with Crippen LogP contribution in [0.3, 0.4) is 0 Å². The van der Waals surface area contributed by atoms with Crippen LogP contribution < -0.4 is 5.73 Å². The molecule has 0 aliphatic carbocycles. The third kappa shape index (κ3) is 2.10. The number of nitrogens with two attached hydrogens (primary N) is 1. The second-order valence-corrected chi connectivity index (χ2v) is 4.94. The molecular weight excluding hydrogens is 242 g/mol. The van der Waals surface area contributed by atoms with E-state index < -0.39 is 0 Å². The van der Waals surface area contributed by atoms with Crippen molar-refractivity contribution in [2.45, 2.75) is 0 Å². The molecule has 3 nitrogen and oxygen atoms in total. The summed E-state index contributed by atoms with van der Waals surface area (Å²) in [6, 6.07) is 12.3. The van der Waals surface area contributed by atoms with Gasteiger partial charge < -0.3 is 5.73 Å². The molecular formula is C14H11N3S. The fraction of sp³-hybridized carbons (Fsp3) is 0. The quantitative estimate of drug-likeness (QED) is 0.761. The van der Waals surface area contributed by atoms with Gasteiger partial charge in [-0.3, -0.25) is 4.98 Å². The predicted molar refractivity (Wildman–Crippen MR) is 75.2 cm³/mol. The fourth-order valence-electron chi connectivity index (χ4n) is 1.82. The first kappa shape index (κ1) is 10.9. The molecule has 3 aromatic rings. The molecule has 0 aliphatic heterocycles. The molecule has 0 saturated heterocycles. The Balaban J connectivity index is 2.05. The zero-order chi connectivity index (χ0) is 12.4. The van der Waals surface area contributed by atoms with Crippen LogP contribution in [0.2, 0.25) is 0 Å². The van der Waals surface area contributed by atoms with Crippen molar-refractivity contribution < 1.29 is 0 Å². The number of hydrogen-bond acceptors (Lipinski definition) is 4. The molecule has 2 N–H and O–H groups in total. The molecule has 3 rings (SSSR count). The van der Waals surface area contributed by atoms with Crippen molar-refractivity contribution >= 4 is 16.5 Å². The van der Waals surface area contributed by atoms with Gasteiger partial charge in [-0.05, 0) is 34.9 Å². The Labute approximate surface area is 109 Å². The van der Waals surface area contributed by atoms with Gasteiger partial charge in [0.2, 0.25) is 0 Å². The zero-order valence-corrected chi connectivity index (χ0v) is 10.4. The van der Waals surface area contributed by atoms with E-state index in [4.69, 9.17) is 5.73 Å². The minimum absolute atomic E-state index is 0.597. The number of aromatic nitrogens is 2. The molecule has 1 aromatic carbocycles. The van der Waals surface area contributed by atoms with Crippen molar-refractivity contribution in [2.24, 2.45) is 0 Å². The van der Waals surface area contributed by atoms with Crippen molar-refractivity contribution in [1.82, 2.24) is 9.97 Å². The average molecular weight is 253 g/mol. The average Bonchev–Trinajstić information content (AvgIpc) is 2.87. The minimum Gasteiger partial charge on any atom is -0.375 e. The van der Waals surface area contributed by atoms with Gasteiger partial charge in [-0.15, -0.1) is 0 Å². The van der Waals surface area contributed by atoms with E-state index in [1.807, 2.05) is 24.4 Å². The summed E-state index contributed by atoms with van der Waals surface area (Å²) in [6.07, 6.45) is 5.41. The number of thiazole rings is 1. The maximum Gasteiger partial charge on any atom is 0.180 e. The number of pyridine rings is 1. The summed E-state index contributed by atoms with van der Waals surface area (Å²) in [6.45, 7) is 0. The van der Waals surface area contributed by atoms with Gasteiger partial charge in [0, 0.05) is 18.6 Å². The van der Waals surface area contributed by atoms with Crippen LogP contribution in [0.5, 0.6) is 0 Å². The fourth-order valence-corrected chi connectivity index (χ4v) is 2.50. The Hall–Kier alpha value is -2.20. The number of rotatable bonds is 2. The van der Waals surface area contributed by atoms with E-state index in [0.29, 0.717) is 5.13 Å². The molecule has 0 unspecified atom stereocenters. The Morgan fingerprint density at radius 2 is 1.72 bits per heavy atom. The van der Waals surface area contributed by atoms with E-state index in [2.05, 4.69) is 28.2 Å². The maximum absolute atomic E-state index is 5.66. The van der Waals surface area contributed by atoms with E-state index in [-0.39, 0.29) is 0 Å². The van der Waals surface area contributed by atoms with Crippen LogP contribution in [0.4, 0.5) is 5.13 Å². The van der Waals surface area contributed by atoms with Gasteiger partial charge in [0.1, 0.15) is 0 Å². The van der Waals surface area contributed by atoms with Gasteiger partial charge in [-0.1, -0.05) is 29.5 Å². The van der Waals surface area contributed by atoms with Crippen LogP contribution in [-0.4, -0.2) is 9.97 Å². The number of nitrogens with zero attached hydrogens (tertiary/aromatic N) is 2. The Kier molecular flexibility index (Phi) is 2.78. The molecule has 4 heteroatoms. The highest BCUT2D eigenvalue weighted by atomic mass is 32.1. The van der Waals surface area contributed by atoms with E-state index in [9.17, 15) is 0 Å². The van der Waals surface area contributed by atoms with Crippen molar-refractivity contribution in [3.63, 3.8) is 0 Å². The van der Waals surface area contributed by atoms with E-state index >= 15 is 0 Å². The lowest BCUT2D eigenvalue weighted by atomic mass is 10.0. The smallest absolute Gasteiger partial charge is 0.180 e. The van der Waals surface area contributed by atoms with E-state index in [1.54, 1.807) is 12.4 Å². The minimum atomic E-state index is 0.597. The first-order valence-corrected chi connectivity index (χ1v) is 6.37. The summed E-state index contributed by atoms with van der Waals surface area (Å²) >= 11 is 1.50. The van der Waals surface area contributed by atoms with E-state index in [1.165, 1.54) is 16.9 Å². The summed E-state index contributed by atoms with van der Waals surface area (Å²) in [7, 11) is 0. The van der Waals surface area contributed by atoms with Gasteiger partial charge in [0.25, 0.3) is 0 Å². The van der Waals surface area contributed by atoms with Gasteiger partial charge in [0.05, 0.1) is 4.88 Å². The second-order valence-electron chi connectivity index (χ2n) is 3.88. The van der Waals surface area contributed by atoms with Crippen molar-refractivity contribution in [2.75, 3.05) is 5.73 Å². The molecule has 2 aromatic heterocycles. The second kappa shape index (κ2) is 4.58. The van der Waals surface area contributed by atoms with Crippen LogP contribution in [0, 0.1) is 0 Å². The molecule has 18 heavy (non-hydrogen) atoms. The van der Waals surface area contributed by atoms with Crippen molar-refractivity contribution in [1.29, 1.82) is 0 Å². The third-order valence-corrected chi connectivity index (χ3v) is 3.56. The highest BCUT2D eigenvalue weighted by Crippen LogP contribution is 2.30. The van der Waals surface area contributed by atoms with Crippen LogP contribution in [0.15, 0.2) is 55.0 Å². The first-order chi connectivity index (χ1) is 8.83. The van der Waals surface area contributed by atoms with Crippen molar-refractivity contribution in [3.05, 3.63) is 55.0 Å². The lowest BCUT2D eigenvalue weighted by molar-refractivity contribution is 1.33. The lowest BCUT2D eigenvalue weighted by Gasteiger charge is -2.03. The van der Waals surface area contributed by atoms with Gasteiger partial charge in [-0.25, -0.2) is 4.98 Å². The highest BCUT2D eigenvalue weighted by molar-refractivity contribution is 7.18. The van der Waals surface area contributed by atoms with Gasteiger partial charge >= 0.3 is 0 Å². The molecule has 0 fully saturated rings. The molecule has 0 amide bonds. The Bertz CT molecular complexity index is 662. The summed E-state index contributed by atoms with van der Waals surface area (Å²) in [5.74, 6) is 0. The number of hydrogen-bond donors (Lipinski definition) is 1. The third-order valence-electron chi connectivity index (χ3n) is 2.68. The molecule has 0 saturated carbocycles. The molecule has 0 aliphatic rings. The number of anilines is 1. The highest BCUT2D eigenvalue weighted by Gasteiger charge is 2.04. The standard InChI is InChI=1S/C14H11N3S/c15-14-17-9-13(18-14)12-3-1-2-11(8-12)10-4-6-16-7-5-10/h1-9H,(H2,15,17).